The molecule has 0 atom stereocenters. The van der Waals surface area contributed by atoms with Crippen molar-refractivity contribution in [1.82, 2.24) is 14.8 Å². The largest absolute Gasteiger partial charge is 0.337 e. The van der Waals surface area contributed by atoms with Gasteiger partial charge < -0.3 is 9.80 Å². The van der Waals surface area contributed by atoms with Crippen molar-refractivity contribution in [3.8, 4) is 0 Å². The molecule has 9 heteroatoms. The Morgan fingerprint density at radius 2 is 1.54 bits per heavy atom. The molecule has 1 aliphatic heterocycles. The molecular formula is C19H18F3N3O2S. The molecule has 0 radical (unpaired) electrons. The van der Waals surface area contributed by atoms with Gasteiger partial charge in [0.05, 0.1) is 11.1 Å². The summed E-state index contributed by atoms with van der Waals surface area (Å²) in [6.45, 7) is 1.21. The fourth-order valence-corrected chi connectivity index (χ4v) is 3.60. The lowest BCUT2D eigenvalue weighted by molar-refractivity contribution is 0.0714. The van der Waals surface area contributed by atoms with E-state index in [1.54, 1.807) is 6.07 Å². The van der Waals surface area contributed by atoms with E-state index < -0.39 is 23.4 Å². The van der Waals surface area contributed by atoms with E-state index in [-0.39, 0.29) is 41.0 Å². The van der Waals surface area contributed by atoms with Gasteiger partial charge in [0.2, 0.25) is 0 Å². The molecule has 0 spiro atoms. The number of alkyl halides is 2. The maximum Gasteiger partial charge on any atom is 0.290 e. The number of halogens is 3. The molecule has 28 heavy (non-hydrogen) atoms. The molecule has 1 aromatic heterocycles. The summed E-state index contributed by atoms with van der Waals surface area (Å²) >= 11 is 0.229. The van der Waals surface area contributed by atoms with Gasteiger partial charge in [-0.2, -0.15) is 8.78 Å². The molecule has 0 bridgehead atoms. The van der Waals surface area contributed by atoms with Crippen molar-refractivity contribution < 1.29 is 22.8 Å². The van der Waals surface area contributed by atoms with Crippen molar-refractivity contribution in [2.75, 3.05) is 26.2 Å². The highest BCUT2D eigenvalue weighted by molar-refractivity contribution is 7.99. The average Bonchev–Trinajstić information content (AvgIpc) is 2.93. The number of rotatable bonds is 4. The van der Waals surface area contributed by atoms with Crippen LogP contribution in [0.4, 0.5) is 13.2 Å². The fraction of sp³-hybridized carbons (Fsp3) is 0.316. The van der Waals surface area contributed by atoms with Crippen LogP contribution in [0.5, 0.6) is 0 Å². The Bertz CT molecular complexity index is 866. The van der Waals surface area contributed by atoms with Gasteiger partial charge in [-0.1, -0.05) is 12.1 Å². The summed E-state index contributed by atoms with van der Waals surface area (Å²) in [5, 5.41) is -0.0222. The number of pyridine rings is 1. The van der Waals surface area contributed by atoms with E-state index in [4.69, 9.17) is 0 Å². The van der Waals surface area contributed by atoms with Crippen molar-refractivity contribution >= 4 is 23.6 Å². The summed E-state index contributed by atoms with van der Waals surface area (Å²) < 4.78 is 39.3. The van der Waals surface area contributed by atoms with Gasteiger partial charge >= 0.3 is 0 Å². The standard InChI is InChI=1S/C19H18F3N3O2S/c20-15-7-2-1-5-13(15)17(26)24-9-4-10-25(12-11-24)18(27)14-6-3-8-23-16(14)28-19(21)22/h1-3,5-8,19H,4,9-12H2. The van der Waals surface area contributed by atoms with Gasteiger partial charge in [-0.25, -0.2) is 9.37 Å². The Morgan fingerprint density at radius 1 is 0.929 bits per heavy atom. The lowest BCUT2D eigenvalue weighted by atomic mass is 10.2. The highest BCUT2D eigenvalue weighted by Crippen LogP contribution is 2.27. The summed E-state index contributed by atoms with van der Waals surface area (Å²) in [5.74, 6) is -4.10. The molecule has 3 rings (SSSR count). The second-order valence-corrected chi connectivity index (χ2v) is 7.13. The summed E-state index contributed by atoms with van der Waals surface area (Å²) in [6, 6.07) is 8.74. The minimum Gasteiger partial charge on any atom is -0.337 e. The van der Waals surface area contributed by atoms with Crippen molar-refractivity contribution in [2.24, 2.45) is 0 Å². The van der Waals surface area contributed by atoms with Gasteiger partial charge in [-0.3, -0.25) is 9.59 Å². The third-order valence-corrected chi connectivity index (χ3v) is 5.10. The van der Waals surface area contributed by atoms with E-state index >= 15 is 0 Å². The molecule has 1 aliphatic rings. The summed E-state index contributed by atoms with van der Waals surface area (Å²) in [7, 11) is 0. The molecule has 2 amide bonds. The SMILES string of the molecule is O=C(c1ccccc1F)N1CCCN(C(=O)c2cccnc2SC(F)F)CC1. The van der Waals surface area contributed by atoms with Gasteiger partial charge in [0.15, 0.2) is 0 Å². The summed E-state index contributed by atoms with van der Waals surface area (Å²) in [4.78, 5) is 32.3. The quantitative estimate of drug-likeness (QED) is 0.725. The Balaban J connectivity index is 1.71. The van der Waals surface area contributed by atoms with Crippen LogP contribution in [0.1, 0.15) is 27.1 Å². The number of aromatic nitrogens is 1. The number of benzene rings is 1. The van der Waals surface area contributed by atoms with Crippen molar-refractivity contribution in [2.45, 2.75) is 17.2 Å². The normalized spacial score (nSPS) is 14.9. The van der Waals surface area contributed by atoms with Crippen molar-refractivity contribution in [3.63, 3.8) is 0 Å². The highest BCUT2D eigenvalue weighted by Gasteiger charge is 2.26. The molecule has 0 aliphatic carbocycles. The lowest BCUT2D eigenvalue weighted by Crippen LogP contribution is -2.37. The molecule has 0 saturated carbocycles. The summed E-state index contributed by atoms with van der Waals surface area (Å²) in [5.41, 5.74) is 0.104. The van der Waals surface area contributed by atoms with Gasteiger partial charge in [0.25, 0.3) is 17.6 Å². The Hall–Kier alpha value is -2.55. The number of hydrogen-bond acceptors (Lipinski definition) is 4. The van der Waals surface area contributed by atoms with Crippen LogP contribution in [-0.4, -0.2) is 58.5 Å². The minimum atomic E-state index is -2.68. The first-order valence-corrected chi connectivity index (χ1v) is 9.58. The van der Waals surface area contributed by atoms with Crippen LogP contribution in [0.15, 0.2) is 47.6 Å². The van der Waals surface area contributed by atoms with E-state index in [2.05, 4.69) is 4.98 Å². The molecule has 2 heterocycles. The first-order valence-electron chi connectivity index (χ1n) is 8.70. The van der Waals surface area contributed by atoms with E-state index in [1.165, 1.54) is 46.3 Å². The smallest absolute Gasteiger partial charge is 0.290 e. The fourth-order valence-electron chi connectivity index (χ4n) is 3.03. The van der Waals surface area contributed by atoms with Gasteiger partial charge in [-0.05, 0) is 42.4 Å². The first-order chi connectivity index (χ1) is 13.5. The zero-order chi connectivity index (χ0) is 20.1. The minimum absolute atomic E-state index is 0.00912. The van der Waals surface area contributed by atoms with Gasteiger partial charge in [0, 0.05) is 32.4 Å². The lowest BCUT2D eigenvalue weighted by Gasteiger charge is -2.23. The number of hydrogen-bond donors (Lipinski definition) is 0. The highest BCUT2D eigenvalue weighted by atomic mass is 32.2. The van der Waals surface area contributed by atoms with E-state index in [9.17, 15) is 22.8 Å². The van der Waals surface area contributed by atoms with E-state index in [1.807, 2.05) is 0 Å². The topological polar surface area (TPSA) is 53.5 Å². The first kappa shape index (κ1) is 20.2. The van der Waals surface area contributed by atoms with Crippen LogP contribution >= 0.6 is 11.8 Å². The van der Waals surface area contributed by atoms with Gasteiger partial charge in [0.1, 0.15) is 10.8 Å². The molecule has 0 N–H and O–H groups in total. The predicted octanol–water partition coefficient (Wildman–Crippen LogP) is 3.52. The molecule has 1 aromatic carbocycles. The third kappa shape index (κ3) is 4.64. The maximum absolute atomic E-state index is 13.9. The van der Waals surface area contributed by atoms with Crippen LogP contribution in [0, 0.1) is 5.82 Å². The van der Waals surface area contributed by atoms with Gasteiger partial charge in [-0.15, -0.1) is 0 Å². The molecular weight excluding hydrogens is 391 g/mol. The maximum atomic E-state index is 13.9. The zero-order valence-corrected chi connectivity index (χ0v) is 15.7. The van der Waals surface area contributed by atoms with Crippen LogP contribution < -0.4 is 0 Å². The molecule has 2 aromatic rings. The number of nitrogens with zero attached hydrogens (tertiary/aromatic N) is 3. The van der Waals surface area contributed by atoms with Crippen LogP contribution in [-0.2, 0) is 0 Å². The molecule has 148 valence electrons. The predicted molar refractivity (Wildman–Crippen MR) is 98.9 cm³/mol. The number of amides is 2. The summed E-state index contributed by atoms with van der Waals surface area (Å²) in [6.07, 6.45) is 1.86. The van der Waals surface area contributed by atoms with Crippen molar-refractivity contribution in [1.29, 1.82) is 0 Å². The van der Waals surface area contributed by atoms with Crippen molar-refractivity contribution in [3.05, 3.63) is 59.5 Å². The molecule has 1 fully saturated rings. The number of carbonyl (C=O) groups is 2. The third-order valence-electron chi connectivity index (χ3n) is 4.38. The Kier molecular flexibility index (Phi) is 6.56. The molecule has 1 saturated heterocycles. The zero-order valence-electron chi connectivity index (χ0n) is 14.9. The number of thioether (sulfide) groups is 1. The van der Waals surface area contributed by atoms with Crippen LogP contribution in [0.2, 0.25) is 0 Å². The van der Waals surface area contributed by atoms with Crippen LogP contribution in [0.3, 0.4) is 0 Å². The molecule has 0 unspecified atom stereocenters. The Morgan fingerprint density at radius 3 is 2.18 bits per heavy atom. The van der Waals surface area contributed by atoms with E-state index in [0.29, 0.717) is 19.5 Å². The monoisotopic (exact) mass is 409 g/mol. The molecule has 5 nitrogen and oxygen atoms in total. The van der Waals surface area contributed by atoms with Crippen LogP contribution in [0.25, 0.3) is 0 Å². The Labute approximate surface area is 164 Å². The number of carbonyl (C=O) groups excluding carboxylic acids is 2. The second kappa shape index (κ2) is 9.09. The van der Waals surface area contributed by atoms with E-state index in [0.717, 1.165) is 0 Å². The average molecular weight is 409 g/mol. The second-order valence-electron chi connectivity index (χ2n) is 6.15.